The molecule has 5 aromatic heterocycles. The Labute approximate surface area is 322 Å². The van der Waals surface area contributed by atoms with Crippen molar-refractivity contribution in [3.8, 4) is 0 Å². The van der Waals surface area contributed by atoms with Crippen LogP contribution in [-0.2, 0) is 23.2 Å². The predicted molar refractivity (Wildman–Crippen MR) is 222 cm³/mol. The zero-order chi connectivity index (χ0) is 39.5. The third-order valence-corrected chi connectivity index (χ3v) is 7.67. The minimum atomic E-state index is -0.980. The number of aromatic nitrogens is 5. The first kappa shape index (κ1) is 41.6. The van der Waals surface area contributed by atoms with Gasteiger partial charge < -0.3 is 37.5 Å². The number of rotatable bonds is 7. The molecule has 0 spiro atoms. The molecule has 54 heavy (non-hydrogen) atoms. The van der Waals surface area contributed by atoms with Gasteiger partial charge in [-0.25, -0.2) is 24.7 Å². The van der Waals surface area contributed by atoms with E-state index < -0.39 is 5.97 Å². The molecule has 0 unspecified atom stereocenters. The maximum Gasteiger partial charge on any atom is 0.328 e. The maximum absolute atomic E-state index is 12.3. The number of nitrogens with zero attached hydrogens (tertiary/aromatic N) is 6. The Bertz CT molecular complexity index is 2140. The number of allylic oxidation sites excluding steroid dienone is 1. The SMILES string of the molecule is C/C=C/c1ccc(N)nc1.CN(Cc1cc2ccccc2n1C)C(=O)/C=C/c1ccc(N)nc1.Nc1ccc(/C=C/C(=O)O)cn1.Nc1ccc(Br)cn1. The van der Waals surface area contributed by atoms with E-state index in [1.54, 1.807) is 73.0 Å². The van der Waals surface area contributed by atoms with Gasteiger partial charge in [0, 0.05) is 66.7 Å². The van der Waals surface area contributed by atoms with Gasteiger partial charge in [-0.1, -0.05) is 30.4 Å². The van der Waals surface area contributed by atoms with E-state index in [4.69, 9.17) is 28.0 Å². The molecule has 0 atom stereocenters. The van der Waals surface area contributed by atoms with E-state index in [9.17, 15) is 9.59 Å². The molecule has 0 saturated heterocycles. The molecular formula is C40H43BrN10O3. The van der Waals surface area contributed by atoms with Gasteiger partial charge in [0.25, 0.3) is 0 Å². The van der Waals surface area contributed by atoms with Crippen molar-refractivity contribution >= 4 is 80.2 Å². The smallest absolute Gasteiger partial charge is 0.328 e. The summed E-state index contributed by atoms with van der Waals surface area (Å²) < 4.78 is 3.07. The van der Waals surface area contributed by atoms with Gasteiger partial charge in [0.2, 0.25) is 5.91 Å². The molecule has 0 aliphatic carbocycles. The number of halogens is 1. The molecule has 14 heteroatoms. The van der Waals surface area contributed by atoms with Crippen molar-refractivity contribution in [2.24, 2.45) is 7.05 Å². The molecule has 13 nitrogen and oxygen atoms in total. The van der Waals surface area contributed by atoms with Crippen LogP contribution in [0.25, 0.3) is 29.1 Å². The average molecular weight is 792 g/mol. The summed E-state index contributed by atoms with van der Waals surface area (Å²) in [7, 11) is 3.82. The second-order valence-electron chi connectivity index (χ2n) is 11.4. The summed E-state index contributed by atoms with van der Waals surface area (Å²) in [6, 6.07) is 24.5. The number of carbonyl (C=O) groups excluding carboxylic acids is 1. The molecule has 9 N–H and O–H groups in total. The monoisotopic (exact) mass is 790 g/mol. The van der Waals surface area contributed by atoms with Crippen molar-refractivity contribution in [2.75, 3.05) is 30.0 Å². The van der Waals surface area contributed by atoms with Crippen LogP contribution in [0.5, 0.6) is 0 Å². The van der Waals surface area contributed by atoms with Crippen LogP contribution >= 0.6 is 15.9 Å². The lowest BCUT2D eigenvalue weighted by molar-refractivity contribution is -0.131. The molecular weight excluding hydrogens is 748 g/mol. The normalized spacial score (nSPS) is 10.6. The highest BCUT2D eigenvalue weighted by molar-refractivity contribution is 9.10. The van der Waals surface area contributed by atoms with Crippen LogP contribution in [0.2, 0.25) is 0 Å². The summed E-state index contributed by atoms with van der Waals surface area (Å²) >= 11 is 3.23. The fraction of sp³-hybridized carbons (Fsp3) is 0.100. The maximum atomic E-state index is 12.3. The fourth-order valence-corrected chi connectivity index (χ4v) is 4.64. The average Bonchev–Trinajstić information content (AvgIpc) is 3.48. The number of hydrogen-bond donors (Lipinski definition) is 5. The lowest BCUT2D eigenvalue weighted by Crippen LogP contribution is -2.25. The van der Waals surface area contributed by atoms with Crippen LogP contribution in [0.1, 0.15) is 29.3 Å². The van der Waals surface area contributed by atoms with Gasteiger partial charge in [0.15, 0.2) is 0 Å². The third-order valence-electron chi connectivity index (χ3n) is 7.20. The number of carboxylic acids is 1. The number of likely N-dealkylation sites (N-methyl/N-ethyl adjacent to an activating group) is 1. The minimum Gasteiger partial charge on any atom is -0.478 e. The molecule has 0 fully saturated rings. The van der Waals surface area contributed by atoms with Gasteiger partial charge in [-0.3, -0.25) is 4.79 Å². The second-order valence-corrected chi connectivity index (χ2v) is 12.3. The number of amides is 1. The van der Waals surface area contributed by atoms with Crippen molar-refractivity contribution in [3.63, 3.8) is 0 Å². The quantitative estimate of drug-likeness (QED) is 0.107. The largest absolute Gasteiger partial charge is 0.478 e. The number of fused-ring (bicyclic) bond motifs is 1. The number of anilines is 4. The van der Waals surface area contributed by atoms with Gasteiger partial charge >= 0.3 is 5.97 Å². The zero-order valence-corrected chi connectivity index (χ0v) is 31.7. The number of carboxylic acid groups (broad SMARTS) is 1. The summed E-state index contributed by atoms with van der Waals surface area (Å²) in [5, 5.41) is 9.48. The number of nitrogen functional groups attached to an aromatic ring is 4. The van der Waals surface area contributed by atoms with Crippen molar-refractivity contribution in [3.05, 3.63) is 149 Å². The van der Waals surface area contributed by atoms with Crippen LogP contribution in [-0.4, -0.2) is 53.4 Å². The van der Waals surface area contributed by atoms with Crippen molar-refractivity contribution < 1.29 is 14.7 Å². The Morgan fingerprint density at radius 3 is 1.63 bits per heavy atom. The summed E-state index contributed by atoms with van der Waals surface area (Å²) in [6.45, 7) is 2.52. The van der Waals surface area contributed by atoms with E-state index in [2.05, 4.69) is 58.6 Å². The Morgan fingerprint density at radius 1 is 0.722 bits per heavy atom. The second kappa shape index (κ2) is 21.5. The predicted octanol–water partition coefficient (Wildman–Crippen LogP) is 6.71. The Balaban J connectivity index is 0.000000217. The van der Waals surface area contributed by atoms with Crippen molar-refractivity contribution in [2.45, 2.75) is 13.5 Å². The Kier molecular flexibility index (Phi) is 16.6. The number of aliphatic carboxylic acids is 1. The lowest BCUT2D eigenvalue weighted by atomic mass is 10.2. The molecule has 0 radical (unpaired) electrons. The van der Waals surface area contributed by atoms with Gasteiger partial charge in [-0.05, 0) is 118 Å². The molecule has 1 amide bonds. The zero-order valence-electron chi connectivity index (χ0n) is 30.1. The van der Waals surface area contributed by atoms with Crippen LogP contribution in [0, 0.1) is 0 Å². The first-order valence-electron chi connectivity index (χ1n) is 16.4. The van der Waals surface area contributed by atoms with Gasteiger partial charge in [0.1, 0.15) is 23.3 Å². The molecule has 6 rings (SSSR count). The number of pyridine rings is 4. The fourth-order valence-electron chi connectivity index (χ4n) is 4.41. The van der Waals surface area contributed by atoms with Crippen LogP contribution in [0.15, 0.2) is 126 Å². The van der Waals surface area contributed by atoms with Gasteiger partial charge in [-0.15, -0.1) is 0 Å². The van der Waals surface area contributed by atoms with Crippen LogP contribution in [0.3, 0.4) is 0 Å². The number of para-hydroxylation sites is 1. The molecule has 5 heterocycles. The van der Waals surface area contributed by atoms with E-state index >= 15 is 0 Å². The van der Waals surface area contributed by atoms with Crippen molar-refractivity contribution in [1.29, 1.82) is 0 Å². The van der Waals surface area contributed by atoms with E-state index in [1.807, 2.05) is 56.5 Å². The Hall–Kier alpha value is -6.80. The molecule has 6 aromatic rings. The number of benzene rings is 1. The van der Waals surface area contributed by atoms with E-state index in [1.165, 1.54) is 17.7 Å². The van der Waals surface area contributed by atoms with E-state index in [0.29, 0.717) is 35.4 Å². The molecule has 0 aliphatic heterocycles. The summed E-state index contributed by atoms with van der Waals surface area (Å²) in [5.41, 5.74) is 26.5. The number of hydrogen-bond acceptors (Lipinski definition) is 10. The highest BCUT2D eigenvalue weighted by Crippen LogP contribution is 2.19. The van der Waals surface area contributed by atoms with Gasteiger partial charge in [0.05, 0.1) is 6.54 Å². The molecule has 0 saturated carbocycles. The minimum absolute atomic E-state index is 0.0583. The standard InChI is InChI=1S/C19H20N4O.C8H8N2O2.C8H10N2.C5H5BrN2/c1-22(19(24)10-8-14-7-9-18(20)21-12-14)13-16-11-15-5-3-4-6-17(15)23(16)2;9-7-3-1-6(5-10-7)2-4-8(11)12;1-2-3-7-4-5-8(9)10-6-7;6-4-1-2-5(7)8-3-4/h3-12H,13H2,1-2H3,(H2,20,21);1-5H,(H2,9,10)(H,11,12);2-6H,1H3,(H2,9,10);1-3H,(H2,7,8)/b10-8+;4-2+;3-2+;. The topological polar surface area (TPSA) is 218 Å². The molecule has 278 valence electrons. The third kappa shape index (κ3) is 14.8. The number of nitrogens with two attached hydrogens (primary N) is 4. The molecule has 1 aromatic carbocycles. The van der Waals surface area contributed by atoms with E-state index in [-0.39, 0.29) is 5.91 Å². The highest BCUT2D eigenvalue weighted by Gasteiger charge is 2.10. The van der Waals surface area contributed by atoms with Gasteiger partial charge in [-0.2, -0.15) is 0 Å². The molecule has 0 aliphatic rings. The number of aryl methyl sites for hydroxylation is 1. The Morgan fingerprint density at radius 2 is 1.20 bits per heavy atom. The molecule has 0 bridgehead atoms. The first-order valence-corrected chi connectivity index (χ1v) is 17.2. The van der Waals surface area contributed by atoms with Crippen molar-refractivity contribution in [1.82, 2.24) is 29.4 Å². The highest BCUT2D eigenvalue weighted by atomic mass is 79.9. The lowest BCUT2D eigenvalue weighted by Gasteiger charge is -2.15. The van der Waals surface area contributed by atoms with Crippen LogP contribution in [0.4, 0.5) is 23.3 Å². The van der Waals surface area contributed by atoms with E-state index in [0.717, 1.165) is 32.9 Å². The van der Waals surface area contributed by atoms with Crippen LogP contribution < -0.4 is 22.9 Å². The number of carbonyl (C=O) groups is 2. The summed E-state index contributed by atoms with van der Waals surface area (Å²) in [4.78, 5) is 39.6. The summed E-state index contributed by atoms with van der Waals surface area (Å²) in [5.74, 6) is 0.958. The first-order chi connectivity index (χ1) is 25.8. The summed E-state index contributed by atoms with van der Waals surface area (Å²) in [6.07, 6.45) is 16.3.